The zero-order chi connectivity index (χ0) is 15.4. The lowest BCUT2D eigenvalue weighted by Crippen LogP contribution is -2.32. The van der Waals surface area contributed by atoms with Crippen LogP contribution >= 0.6 is 0 Å². The van der Waals surface area contributed by atoms with Crippen LogP contribution in [0, 0.1) is 0 Å². The molecule has 0 amide bonds. The summed E-state index contributed by atoms with van der Waals surface area (Å²) in [7, 11) is -3.73. The van der Waals surface area contributed by atoms with Gasteiger partial charge in [-0.05, 0) is 37.6 Å². The van der Waals surface area contributed by atoms with Crippen molar-refractivity contribution in [2.45, 2.75) is 44.0 Å². The molecule has 1 unspecified atom stereocenters. The van der Waals surface area contributed by atoms with Crippen molar-refractivity contribution >= 4 is 10.0 Å². The Kier molecular flexibility index (Phi) is 5.41. The molecule has 20 heavy (non-hydrogen) atoms. The van der Waals surface area contributed by atoms with E-state index < -0.39 is 22.1 Å². The van der Waals surface area contributed by atoms with E-state index in [9.17, 15) is 21.6 Å². The fourth-order valence-corrected chi connectivity index (χ4v) is 2.92. The first-order chi connectivity index (χ1) is 9.14. The van der Waals surface area contributed by atoms with Crippen molar-refractivity contribution < 1.29 is 26.3 Å². The lowest BCUT2D eigenvalue weighted by molar-refractivity contribution is -0.274. The lowest BCUT2D eigenvalue weighted by atomic mass is 10.2. The molecule has 0 saturated heterocycles. The second kappa shape index (κ2) is 6.45. The van der Waals surface area contributed by atoms with Gasteiger partial charge < -0.3 is 4.74 Å². The highest BCUT2D eigenvalue weighted by molar-refractivity contribution is 7.89. The van der Waals surface area contributed by atoms with Crippen LogP contribution in [-0.2, 0) is 10.0 Å². The fourth-order valence-electron chi connectivity index (χ4n) is 1.65. The van der Waals surface area contributed by atoms with E-state index in [1.54, 1.807) is 6.92 Å². The van der Waals surface area contributed by atoms with Gasteiger partial charge in [-0.15, -0.1) is 13.2 Å². The van der Waals surface area contributed by atoms with Gasteiger partial charge in [-0.3, -0.25) is 0 Å². The molecule has 0 bridgehead atoms. The normalized spacial score (nSPS) is 14.1. The summed E-state index contributed by atoms with van der Waals surface area (Å²) in [6, 6.07) is 3.83. The number of rotatable bonds is 6. The summed E-state index contributed by atoms with van der Waals surface area (Å²) in [5, 5.41) is 0. The monoisotopic (exact) mass is 311 g/mol. The van der Waals surface area contributed by atoms with Gasteiger partial charge in [0.15, 0.2) is 0 Å². The van der Waals surface area contributed by atoms with Crippen molar-refractivity contribution in [3.63, 3.8) is 0 Å². The van der Waals surface area contributed by atoms with Crippen molar-refractivity contribution in [2.24, 2.45) is 0 Å². The van der Waals surface area contributed by atoms with Crippen LogP contribution in [0.2, 0.25) is 0 Å². The second-order valence-electron chi connectivity index (χ2n) is 4.33. The first-order valence-electron chi connectivity index (χ1n) is 6.02. The highest BCUT2D eigenvalue weighted by Gasteiger charge is 2.31. The standard InChI is InChI=1S/C12H16F3NO3S/c1-3-4-9(2)16-20(17,18)11-7-5-10(6-8-11)19-12(13,14)15/h5-9,16H,3-4H2,1-2H3. The van der Waals surface area contributed by atoms with Gasteiger partial charge in [0, 0.05) is 6.04 Å². The van der Waals surface area contributed by atoms with Gasteiger partial charge in [0.05, 0.1) is 4.90 Å². The van der Waals surface area contributed by atoms with E-state index in [4.69, 9.17) is 0 Å². The SMILES string of the molecule is CCCC(C)NS(=O)(=O)c1ccc(OC(F)(F)F)cc1. The van der Waals surface area contributed by atoms with Gasteiger partial charge in [-0.2, -0.15) is 0 Å². The molecule has 8 heteroatoms. The average molecular weight is 311 g/mol. The number of sulfonamides is 1. The molecule has 1 rings (SSSR count). The molecule has 0 aliphatic carbocycles. The van der Waals surface area contributed by atoms with Crippen molar-refractivity contribution in [3.8, 4) is 5.75 Å². The summed E-state index contributed by atoms with van der Waals surface area (Å²) in [6.45, 7) is 3.65. The summed E-state index contributed by atoms with van der Waals surface area (Å²) in [5.74, 6) is -0.460. The first-order valence-corrected chi connectivity index (χ1v) is 7.50. The van der Waals surface area contributed by atoms with Gasteiger partial charge >= 0.3 is 6.36 Å². The molecule has 0 saturated carbocycles. The summed E-state index contributed by atoms with van der Waals surface area (Å²) in [6.07, 6.45) is -3.30. The molecule has 114 valence electrons. The Morgan fingerprint density at radius 2 is 1.80 bits per heavy atom. The number of benzene rings is 1. The third-order valence-corrected chi connectivity index (χ3v) is 4.05. The summed E-state index contributed by atoms with van der Waals surface area (Å²) < 4.78 is 65.9. The Hall–Kier alpha value is -1.28. The van der Waals surface area contributed by atoms with Gasteiger partial charge in [-0.1, -0.05) is 13.3 Å². The number of hydrogen-bond acceptors (Lipinski definition) is 3. The van der Waals surface area contributed by atoms with Crippen LogP contribution in [0.15, 0.2) is 29.2 Å². The molecular formula is C12H16F3NO3S. The molecule has 0 fully saturated rings. The van der Waals surface area contributed by atoms with E-state index in [0.29, 0.717) is 6.42 Å². The molecule has 1 N–H and O–H groups in total. The highest BCUT2D eigenvalue weighted by atomic mass is 32.2. The van der Waals surface area contributed by atoms with E-state index in [1.165, 1.54) is 0 Å². The minimum atomic E-state index is -4.80. The second-order valence-corrected chi connectivity index (χ2v) is 6.04. The molecule has 0 aromatic heterocycles. The van der Waals surface area contributed by atoms with E-state index >= 15 is 0 Å². The quantitative estimate of drug-likeness (QED) is 0.878. The van der Waals surface area contributed by atoms with Crippen LogP contribution in [0.3, 0.4) is 0 Å². The molecule has 0 spiro atoms. The highest BCUT2D eigenvalue weighted by Crippen LogP contribution is 2.23. The fraction of sp³-hybridized carbons (Fsp3) is 0.500. The van der Waals surface area contributed by atoms with Crippen LogP contribution < -0.4 is 9.46 Å². The van der Waals surface area contributed by atoms with Gasteiger partial charge in [-0.25, -0.2) is 13.1 Å². The van der Waals surface area contributed by atoms with Crippen LogP contribution in [0.5, 0.6) is 5.75 Å². The summed E-state index contributed by atoms with van der Waals surface area (Å²) in [4.78, 5) is -0.102. The third-order valence-electron chi connectivity index (χ3n) is 2.45. The Labute approximate surface area is 116 Å². The van der Waals surface area contributed by atoms with E-state index in [-0.39, 0.29) is 10.9 Å². The van der Waals surface area contributed by atoms with E-state index in [2.05, 4.69) is 9.46 Å². The number of alkyl halides is 3. The largest absolute Gasteiger partial charge is 0.573 e. The molecule has 0 aliphatic heterocycles. The van der Waals surface area contributed by atoms with E-state index in [1.807, 2.05) is 6.92 Å². The van der Waals surface area contributed by atoms with Crippen LogP contribution in [-0.4, -0.2) is 20.8 Å². The van der Waals surface area contributed by atoms with Gasteiger partial charge in [0.2, 0.25) is 10.0 Å². The predicted molar refractivity (Wildman–Crippen MR) is 67.8 cm³/mol. The van der Waals surface area contributed by atoms with Crippen molar-refractivity contribution in [2.75, 3.05) is 0 Å². The molecule has 1 atom stereocenters. The molecule has 0 heterocycles. The number of nitrogens with one attached hydrogen (secondary N) is 1. The Morgan fingerprint density at radius 3 is 2.25 bits per heavy atom. The van der Waals surface area contributed by atoms with Gasteiger partial charge in [0.25, 0.3) is 0 Å². The van der Waals surface area contributed by atoms with Crippen LogP contribution in [0.4, 0.5) is 13.2 Å². The maximum Gasteiger partial charge on any atom is 0.573 e. The van der Waals surface area contributed by atoms with Crippen molar-refractivity contribution in [1.29, 1.82) is 0 Å². The maximum absolute atomic E-state index is 12.0. The minimum Gasteiger partial charge on any atom is -0.406 e. The Bertz CT molecular complexity index is 526. The molecule has 0 radical (unpaired) electrons. The summed E-state index contributed by atoms with van der Waals surface area (Å²) in [5.41, 5.74) is 0. The van der Waals surface area contributed by atoms with Crippen LogP contribution in [0.1, 0.15) is 26.7 Å². The average Bonchev–Trinajstić information content (AvgIpc) is 2.26. The predicted octanol–water partition coefficient (Wildman–Crippen LogP) is 3.05. The zero-order valence-electron chi connectivity index (χ0n) is 11.1. The number of ether oxygens (including phenoxy) is 1. The maximum atomic E-state index is 12.0. The minimum absolute atomic E-state index is 0.102. The molecule has 1 aromatic rings. The van der Waals surface area contributed by atoms with Crippen LogP contribution in [0.25, 0.3) is 0 Å². The lowest BCUT2D eigenvalue weighted by Gasteiger charge is -2.14. The molecular weight excluding hydrogens is 295 g/mol. The van der Waals surface area contributed by atoms with Crippen molar-refractivity contribution in [3.05, 3.63) is 24.3 Å². The smallest absolute Gasteiger partial charge is 0.406 e. The summed E-state index contributed by atoms with van der Waals surface area (Å²) >= 11 is 0. The zero-order valence-corrected chi connectivity index (χ0v) is 11.9. The van der Waals surface area contributed by atoms with Gasteiger partial charge in [0.1, 0.15) is 5.75 Å². The van der Waals surface area contributed by atoms with E-state index in [0.717, 1.165) is 30.7 Å². The molecule has 1 aromatic carbocycles. The number of halogens is 3. The Morgan fingerprint density at radius 1 is 1.25 bits per heavy atom. The Balaban J connectivity index is 2.82. The topological polar surface area (TPSA) is 55.4 Å². The third kappa shape index (κ3) is 5.38. The number of hydrogen-bond donors (Lipinski definition) is 1. The molecule has 0 aliphatic rings. The van der Waals surface area contributed by atoms with Crippen molar-refractivity contribution in [1.82, 2.24) is 4.72 Å². The molecule has 4 nitrogen and oxygen atoms in total. The first kappa shape index (κ1) is 16.8.